The fraction of sp³-hybridized carbons (Fsp3) is 0.600. The van der Waals surface area contributed by atoms with Crippen molar-refractivity contribution in [1.29, 1.82) is 0 Å². The van der Waals surface area contributed by atoms with Crippen molar-refractivity contribution in [3.8, 4) is 0 Å². The number of benzene rings is 1. The fourth-order valence-electron chi connectivity index (χ4n) is 2.32. The quantitative estimate of drug-likeness (QED) is 0.755. The Balaban J connectivity index is 2.71. The number of hydrogen-bond acceptors (Lipinski definition) is 4. The molecular weight excluding hydrogens is 286 g/mol. The van der Waals surface area contributed by atoms with Crippen molar-refractivity contribution in [3.05, 3.63) is 23.8 Å². The number of aryl methyl sites for hydroxylation is 1. The van der Waals surface area contributed by atoms with Gasteiger partial charge in [-0.1, -0.05) is 0 Å². The van der Waals surface area contributed by atoms with E-state index in [4.69, 9.17) is 5.73 Å². The summed E-state index contributed by atoms with van der Waals surface area (Å²) in [6.45, 7) is 11.3. The maximum atomic E-state index is 12.2. The molecule has 1 aromatic rings. The van der Waals surface area contributed by atoms with Gasteiger partial charge in [0.1, 0.15) is 0 Å². The number of rotatable bonds is 7. The molecule has 0 amide bonds. The Labute approximate surface area is 128 Å². The third-order valence-electron chi connectivity index (χ3n) is 3.54. The van der Waals surface area contributed by atoms with Gasteiger partial charge < -0.3 is 5.73 Å². The molecular formula is C15H27N3O2S. The van der Waals surface area contributed by atoms with Crippen LogP contribution in [0.1, 0.15) is 33.3 Å². The largest absolute Gasteiger partial charge is 0.399 e. The first kappa shape index (κ1) is 17.9. The standard InChI is InChI=1S/C15H27N3O2S/c1-11(2)18(12(3)4)9-8-17-21(19,20)14-6-7-15(16)13(5)10-14/h6-7,10-12,17H,8-9,16H2,1-5H3. The summed E-state index contributed by atoms with van der Waals surface area (Å²) >= 11 is 0. The predicted octanol–water partition coefficient (Wildman–Crippen LogP) is 1.97. The van der Waals surface area contributed by atoms with Crippen LogP contribution in [-0.4, -0.2) is 38.5 Å². The van der Waals surface area contributed by atoms with Crippen LogP contribution in [0.5, 0.6) is 0 Å². The predicted molar refractivity (Wildman–Crippen MR) is 87.8 cm³/mol. The Morgan fingerprint density at radius 1 is 1.19 bits per heavy atom. The van der Waals surface area contributed by atoms with Crippen molar-refractivity contribution in [2.24, 2.45) is 0 Å². The van der Waals surface area contributed by atoms with E-state index in [0.29, 0.717) is 30.9 Å². The number of sulfonamides is 1. The molecule has 1 rings (SSSR count). The van der Waals surface area contributed by atoms with Gasteiger partial charge in [-0.2, -0.15) is 0 Å². The molecule has 0 aliphatic rings. The van der Waals surface area contributed by atoms with Gasteiger partial charge in [-0.05, 0) is 58.4 Å². The highest BCUT2D eigenvalue weighted by Crippen LogP contribution is 2.16. The molecule has 0 heterocycles. The molecule has 21 heavy (non-hydrogen) atoms. The Morgan fingerprint density at radius 2 is 1.76 bits per heavy atom. The maximum Gasteiger partial charge on any atom is 0.240 e. The number of nitrogens with one attached hydrogen (secondary N) is 1. The summed E-state index contributed by atoms with van der Waals surface area (Å²) in [5, 5.41) is 0. The van der Waals surface area contributed by atoms with Crippen LogP contribution < -0.4 is 10.5 Å². The van der Waals surface area contributed by atoms with E-state index in [-0.39, 0.29) is 4.90 Å². The van der Waals surface area contributed by atoms with Crippen molar-refractivity contribution in [2.45, 2.75) is 51.6 Å². The minimum atomic E-state index is -3.48. The average Bonchev–Trinajstić information content (AvgIpc) is 2.36. The Bertz CT molecular complexity index is 560. The summed E-state index contributed by atoms with van der Waals surface area (Å²) in [6.07, 6.45) is 0. The van der Waals surface area contributed by atoms with E-state index in [9.17, 15) is 8.42 Å². The van der Waals surface area contributed by atoms with Crippen LogP contribution in [-0.2, 0) is 10.0 Å². The highest BCUT2D eigenvalue weighted by Gasteiger charge is 2.17. The lowest BCUT2D eigenvalue weighted by Crippen LogP contribution is -2.42. The molecule has 0 spiro atoms. The number of hydrogen-bond donors (Lipinski definition) is 2. The lowest BCUT2D eigenvalue weighted by atomic mass is 10.2. The van der Waals surface area contributed by atoms with Gasteiger partial charge in [0.25, 0.3) is 0 Å². The molecule has 3 N–H and O–H groups in total. The zero-order chi connectivity index (χ0) is 16.2. The normalized spacial score (nSPS) is 12.6. The number of nitrogens with two attached hydrogens (primary N) is 1. The van der Waals surface area contributed by atoms with Gasteiger partial charge in [-0.3, -0.25) is 4.90 Å². The number of anilines is 1. The summed E-state index contributed by atoms with van der Waals surface area (Å²) in [5.74, 6) is 0. The second kappa shape index (κ2) is 7.24. The van der Waals surface area contributed by atoms with Crippen LogP contribution in [0, 0.1) is 6.92 Å². The van der Waals surface area contributed by atoms with E-state index in [1.165, 1.54) is 6.07 Å². The minimum Gasteiger partial charge on any atom is -0.399 e. The van der Waals surface area contributed by atoms with Crippen LogP contribution >= 0.6 is 0 Å². The van der Waals surface area contributed by atoms with E-state index >= 15 is 0 Å². The molecule has 0 aliphatic heterocycles. The van der Waals surface area contributed by atoms with Gasteiger partial charge in [0, 0.05) is 30.9 Å². The third-order valence-corrected chi connectivity index (χ3v) is 5.00. The van der Waals surface area contributed by atoms with Crippen molar-refractivity contribution in [3.63, 3.8) is 0 Å². The first-order valence-corrected chi connectivity index (χ1v) is 8.75. The number of nitrogens with zero attached hydrogens (tertiary/aromatic N) is 1. The zero-order valence-corrected chi connectivity index (χ0v) is 14.4. The van der Waals surface area contributed by atoms with Gasteiger partial charge in [-0.15, -0.1) is 0 Å². The summed E-state index contributed by atoms with van der Waals surface area (Å²) in [7, 11) is -3.48. The van der Waals surface area contributed by atoms with Crippen molar-refractivity contribution in [2.75, 3.05) is 18.8 Å². The highest BCUT2D eigenvalue weighted by atomic mass is 32.2. The van der Waals surface area contributed by atoms with Gasteiger partial charge in [0.15, 0.2) is 0 Å². The van der Waals surface area contributed by atoms with Crippen LogP contribution in [0.15, 0.2) is 23.1 Å². The first-order chi connectivity index (χ1) is 9.65. The SMILES string of the molecule is Cc1cc(S(=O)(=O)NCCN(C(C)C)C(C)C)ccc1N. The second-order valence-electron chi connectivity index (χ2n) is 5.84. The lowest BCUT2D eigenvalue weighted by molar-refractivity contribution is 0.179. The van der Waals surface area contributed by atoms with E-state index < -0.39 is 10.0 Å². The Morgan fingerprint density at radius 3 is 2.24 bits per heavy atom. The van der Waals surface area contributed by atoms with Gasteiger partial charge in [-0.25, -0.2) is 13.1 Å². The molecule has 120 valence electrons. The lowest BCUT2D eigenvalue weighted by Gasteiger charge is -2.30. The molecule has 0 fully saturated rings. The van der Waals surface area contributed by atoms with Gasteiger partial charge in [0.2, 0.25) is 10.0 Å². The molecule has 5 nitrogen and oxygen atoms in total. The van der Waals surface area contributed by atoms with Crippen molar-refractivity contribution >= 4 is 15.7 Å². The van der Waals surface area contributed by atoms with Crippen molar-refractivity contribution < 1.29 is 8.42 Å². The Hall–Kier alpha value is -1.11. The monoisotopic (exact) mass is 313 g/mol. The molecule has 0 atom stereocenters. The molecule has 0 unspecified atom stereocenters. The van der Waals surface area contributed by atoms with E-state index in [1.54, 1.807) is 19.1 Å². The van der Waals surface area contributed by atoms with Gasteiger partial charge >= 0.3 is 0 Å². The van der Waals surface area contributed by atoms with Crippen LogP contribution in [0.4, 0.5) is 5.69 Å². The summed E-state index contributed by atoms with van der Waals surface area (Å²) in [5.41, 5.74) is 7.08. The molecule has 0 aromatic heterocycles. The minimum absolute atomic E-state index is 0.259. The molecule has 0 saturated carbocycles. The molecule has 0 aliphatic carbocycles. The maximum absolute atomic E-state index is 12.2. The number of nitrogen functional groups attached to an aromatic ring is 1. The van der Waals surface area contributed by atoms with Crippen molar-refractivity contribution in [1.82, 2.24) is 9.62 Å². The summed E-state index contributed by atoms with van der Waals surface area (Å²) < 4.78 is 27.1. The molecule has 0 bridgehead atoms. The van der Waals surface area contributed by atoms with E-state index in [0.717, 1.165) is 5.56 Å². The van der Waals surface area contributed by atoms with Crippen LogP contribution in [0.3, 0.4) is 0 Å². The topological polar surface area (TPSA) is 75.4 Å². The molecule has 0 radical (unpaired) electrons. The molecule has 1 aromatic carbocycles. The van der Waals surface area contributed by atoms with Crippen LogP contribution in [0.2, 0.25) is 0 Å². The first-order valence-electron chi connectivity index (χ1n) is 7.26. The fourth-order valence-corrected chi connectivity index (χ4v) is 3.43. The average molecular weight is 313 g/mol. The zero-order valence-electron chi connectivity index (χ0n) is 13.6. The third kappa shape index (κ3) is 4.98. The smallest absolute Gasteiger partial charge is 0.240 e. The summed E-state index contributed by atoms with van der Waals surface area (Å²) in [4.78, 5) is 2.51. The molecule has 6 heteroatoms. The summed E-state index contributed by atoms with van der Waals surface area (Å²) in [6, 6.07) is 5.52. The van der Waals surface area contributed by atoms with E-state index in [2.05, 4.69) is 37.3 Å². The highest BCUT2D eigenvalue weighted by molar-refractivity contribution is 7.89. The van der Waals surface area contributed by atoms with E-state index in [1.807, 2.05) is 0 Å². The second-order valence-corrected chi connectivity index (χ2v) is 7.61. The molecule has 0 saturated heterocycles. The Kier molecular flexibility index (Phi) is 6.19. The van der Waals surface area contributed by atoms with Crippen LogP contribution in [0.25, 0.3) is 0 Å². The van der Waals surface area contributed by atoms with Gasteiger partial charge in [0.05, 0.1) is 4.90 Å².